The van der Waals surface area contributed by atoms with Gasteiger partial charge < -0.3 is 10.4 Å². The van der Waals surface area contributed by atoms with Crippen LogP contribution in [0.4, 0.5) is 0 Å². The number of aliphatic hydroxyl groups is 1. The summed E-state index contributed by atoms with van der Waals surface area (Å²) in [6.45, 7) is 4.62. The van der Waals surface area contributed by atoms with Gasteiger partial charge in [-0.3, -0.25) is 9.59 Å². The van der Waals surface area contributed by atoms with Crippen LogP contribution in [0.3, 0.4) is 0 Å². The molecule has 0 saturated carbocycles. The zero-order chi connectivity index (χ0) is 50.6. The van der Waals surface area contributed by atoms with Crippen LogP contribution >= 0.6 is 0 Å². The number of ketones is 1. The third kappa shape index (κ3) is 59.1. The van der Waals surface area contributed by atoms with Gasteiger partial charge in [0.2, 0.25) is 5.91 Å². The lowest BCUT2D eigenvalue weighted by atomic mass is 10.0. The Bertz CT molecular complexity index is 1070. The van der Waals surface area contributed by atoms with Crippen molar-refractivity contribution in [3.63, 3.8) is 0 Å². The van der Waals surface area contributed by atoms with E-state index in [1.807, 2.05) is 0 Å². The van der Waals surface area contributed by atoms with Crippen LogP contribution in [0, 0.1) is 0 Å². The van der Waals surface area contributed by atoms with Crippen molar-refractivity contribution in [3.8, 4) is 0 Å². The molecule has 0 bridgehead atoms. The van der Waals surface area contributed by atoms with E-state index in [9.17, 15) is 14.7 Å². The Kier molecular flexibility index (Phi) is 60.6. The zero-order valence-electron chi connectivity index (χ0n) is 48.0. The first-order valence-electron chi connectivity index (χ1n) is 32.4. The van der Waals surface area contributed by atoms with E-state index in [0.717, 1.165) is 57.8 Å². The fourth-order valence-electron chi connectivity index (χ4n) is 10.4. The van der Waals surface area contributed by atoms with Crippen LogP contribution in [-0.2, 0) is 9.59 Å². The van der Waals surface area contributed by atoms with Crippen molar-refractivity contribution in [3.05, 3.63) is 24.3 Å². The second-order valence-electron chi connectivity index (χ2n) is 22.4. The molecule has 1 atom stereocenters. The lowest BCUT2D eigenvalue weighted by Crippen LogP contribution is -2.37. The minimum Gasteiger partial charge on any atom is -0.394 e. The van der Waals surface area contributed by atoms with E-state index in [1.54, 1.807) is 0 Å². The van der Waals surface area contributed by atoms with Gasteiger partial charge in [0.1, 0.15) is 5.78 Å². The van der Waals surface area contributed by atoms with Crippen molar-refractivity contribution in [1.29, 1.82) is 0 Å². The molecule has 0 aliphatic carbocycles. The largest absolute Gasteiger partial charge is 0.394 e. The van der Waals surface area contributed by atoms with Crippen LogP contribution < -0.4 is 5.32 Å². The molecule has 70 heavy (non-hydrogen) atoms. The van der Waals surface area contributed by atoms with E-state index in [1.165, 1.54) is 295 Å². The average molecular weight is 983 g/mol. The van der Waals surface area contributed by atoms with E-state index >= 15 is 0 Å². The third-order valence-corrected chi connectivity index (χ3v) is 15.3. The molecule has 0 aromatic carbocycles. The first-order chi connectivity index (χ1) is 34.6. The number of rotatable bonds is 61. The van der Waals surface area contributed by atoms with Crippen molar-refractivity contribution >= 4 is 11.7 Å². The summed E-state index contributed by atoms with van der Waals surface area (Å²) < 4.78 is 0. The molecule has 0 rings (SSSR count). The van der Waals surface area contributed by atoms with Crippen molar-refractivity contribution in [2.75, 3.05) is 6.61 Å². The Morgan fingerprint density at radius 2 is 0.586 bits per heavy atom. The first-order valence-corrected chi connectivity index (χ1v) is 32.4. The highest BCUT2D eigenvalue weighted by Crippen LogP contribution is 2.19. The summed E-state index contributed by atoms with van der Waals surface area (Å²) in [5.41, 5.74) is 0. The lowest BCUT2D eigenvalue weighted by Gasteiger charge is -2.16. The van der Waals surface area contributed by atoms with Gasteiger partial charge in [-0.15, -0.1) is 0 Å². The molecule has 1 amide bonds. The highest BCUT2D eigenvalue weighted by molar-refractivity contribution is 5.78. The van der Waals surface area contributed by atoms with Crippen LogP contribution in [0.1, 0.15) is 373 Å². The highest BCUT2D eigenvalue weighted by atomic mass is 16.3. The van der Waals surface area contributed by atoms with Crippen LogP contribution in [0.2, 0.25) is 0 Å². The minimum absolute atomic E-state index is 0.0598. The number of hydrogen-bond donors (Lipinski definition) is 2. The van der Waals surface area contributed by atoms with Crippen molar-refractivity contribution < 1.29 is 14.7 Å². The monoisotopic (exact) mass is 982 g/mol. The predicted octanol–water partition coefficient (Wildman–Crippen LogP) is 22.0. The molecule has 4 heteroatoms. The maximum Gasteiger partial charge on any atom is 0.220 e. The molecule has 0 aromatic rings. The van der Waals surface area contributed by atoms with Gasteiger partial charge in [0.15, 0.2) is 0 Å². The number of Topliss-reactive ketones (excluding diaryl/α,β-unsaturated/α-hetero) is 1. The lowest BCUT2D eigenvalue weighted by molar-refractivity contribution is -0.122. The molecule has 0 aliphatic heterocycles. The standard InChI is InChI=1S/C66H127NO3/c1-3-5-7-9-11-13-15-17-32-36-40-44-48-52-56-60-65(69)61-57-53-49-45-41-37-33-30-28-26-24-22-20-19-21-23-25-27-29-31-34-38-42-46-50-54-58-62-66(70)67-64(63-68)59-55-51-47-43-39-35-18-16-14-12-10-8-6-4-2/h11,13,17,32,64,68H,3-10,12,14-16,18-31,33-63H2,1-2H3,(H,67,70)/b13-11-,32-17-/t64-/m1/s1. The number of carbonyl (C=O) groups is 2. The predicted molar refractivity (Wildman–Crippen MR) is 312 cm³/mol. The Balaban J connectivity index is 3.29. The van der Waals surface area contributed by atoms with Crippen molar-refractivity contribution in [2.24, 2.45) is 0 Å². The molecule has 0 heterocycles. The SMILES string of the molecule is CCCCC/C=C\C/C=C\CCCCCCCC(=O)CCCCCCCCCCCCCCCCCCCCCCCCCCCCCC(=O)N[C@@H](CO)CCCCCCCCCCCCCCCC. The molecule has 0 aromatic heterocycles. The van der Waals surface area contributed by atoms with Crippen molar-refractivity contribution in [2.45, 2.75) is 379 Å². The average Bonchev–Trinajstić information content (AvgIpc) is 3.36. The number of amides is 1. The molecular weight excluding hydrogens is 855 g/mol. The maximum atomic E-state index is 12.4. The van der Waals surface area contributed by atoms with E-state index in [2.05, 4.69) is 43.5 Å². The van der Waals surface area contributed by atoms with E-state index in [4.69, 9.17) is 0 Å². The molecule has 0 radical (unpaired) electrons. The topological polar surface area (TPSA) is 66.4 Å². The normalized spacial score (nSPS) is 12.3. The van der Waals surface area contributed by atoms with Crippen LogP contribution in [-0.4, -0.2) is 29.4 Å². The Morgan fingerprint density at radius 1 is 0.329 bits per heavy atom. The molecule has 0 spiro atoms. The summed E-state index contributed by atoms with van der Waals surface area (Å²) in [7, 11) is 0. The quantitative estimate of drug-likeness (QED) is 0.0471. The number of hydrogen-bond acceptors (Lipinski definition) is 3. The van der Waals surface area contributed by atoms with Crippen LogP contribution in [0.25, 0.3) is 0 Å². The second kappa shape index (κ2) is 61.9. The fraction of sp³-hybridized carbons (Fsp3) is 0.909. The van der Waals surface area contributed by atoms with Gasteiger partial charge in [-0.25, -0.2) is 0 Å². The molecule has 0 aliphatic rings. The van der Waals surface area contributed by atoms with Gasteiger partial charge in [-0.05, 0) is 57.8 Å². The first kappa shape index (κ1) is 68.6. The van der Waals surface area contributed by atoms with E-state index in [-0.39, 0.29) is 18.6 Å². The Hall–Kier alpha value is -1.42. The van der Waals surface area contributed by atoms with Crippen LogP contribution in [0.5, 0.6) is 0 Å². The highest BCUT2D eigenvalue weighted by Gasteiger charge is 2.11. The number of allylic oxidation sites excluding steroid dienone is 4. The number of carbonyl (C=O) groups excluding carboxylic acids is 2. The molecule has 0 fully saturated rings. The smallest absolute Gasteiger partial charge is 0.220 e. The molecule has 0 unspecified atom stereocenters. The number of unbranched alkanes of at least 4 members (excludes halogenated alkanes) is 47. The van der Waals surface area contributed by atoms with Gasteiger partial charge >= 0.3 is 0 Å². The minimum atomic E-state index is -0.0598. The number of nitrogens with one attached hydrogen (secondary N) is 1. The second-order valence-corrected chi connectivity index (χ2v) is 22.4. The molecular formula is C66H127NO3. The van der Waals surface area contributed by atoms with Gasteiger partial charge in [0.25, 0.3) is 0 Å². The van der Waals surface area contributed by atoms with Gasteiger partial charge in [-0.1, -0.05) is 321 Å². The summed E-state index contributed by atoms with van der Waals surface area (Å²) in [6.07, 6.45) is 81.9. The summed E-state index contributed by atoms with van der Waals surface area (Å²) >= 11 is 0. The van der Waals surface area contributed by atoms with Crippen molar-refractivity contribution in [1.82, 2.24) is 5.32 Å². The van der Waals surface area contributed by atoms with Gasteiger partial charge in [0, 0.05) is 19.3 Å². The summed E-state index contributed by atoms with van der Waals surface area (Å²) in [5, 5.41) is 12.9. The molecule has 414 valence electrons. The van der Waals surface area contributed by atoms with E-state index < -0.39 is 0 Å². The van der Waals surface area contributed by atoms with Crippen LogP contribution in [0.15, 0.2) is 24.3 Å². The maximum absolute atomic E-state index is 12.4. The molecule has 4 nitrogen and oxygen atoms in total. The summed E-state index contributed by atoms with van der Waals surface area (Å²) in [5.74, 6) is 0.641. The Labute approximate surface area is 440 Å². The summed E-state index contributed by atoms with van der Waals surface area (Å²) in [4.78, 5) is 24.7. The molecule has 0 saturated heterocycles. The number of aliphatic hydroxyl groups excluding tert-OH is 1. The molecule has 2 N–H and O–H groups in total. The summed E-state index contributed by atoms with van der Waals surface area (Å²) in [6, 6.07) is -0.0598. The fourth-order valence-corrected chi connectivity index (χ4v) is 10.4. The van der Waals surface area contributed by atoms with E-state index in [0.29, 0.717) is 12.2 Å². The van der Waals surface area contributed by atoms with Gasteiger partial charge in [0.05, 0.1) is 12.6 Å². The third-order valence-electron chi connectivity index (χ3n) is 15.3. The zero-order valence-corrected chi connectivity index (χ0v) is 48.0. The van der Waals surface area contributed by atoms with Gasteiger partial charge in [-0.2, -0.15) is 0 Å². The Morgan fingerprint density at radius 3 is 0.914 bits per heavy atom.